The number of aryl methyl sites for hydroxylation is 2. The largest absolute Gasteiger partial charge is 0.304 e. The summed E-state index contributed by atoms with van der Waals surface area (Å²) < 4.78 is 1.87. The Morgan fingerprint density at radius 3 is 2.55 bits per heavy atom. The Morgan fingerprint density at radius 2 is 2.10 bits per heavy atom. The Bertz CT molecular complexity index is 577. The maximum Gasteiger partial charge on any atom is 0.115 e. The van der Waals surface area contributed by atoms with E-state index in [9.17, 15) is 0 Å². The maximum absolute atomic E-state index is 4.85. The summed E-state index contributed by atoms with van der Waals surface area (Å²) in [5.74, 6) is 0. The van der Waals surface area contributed by atoms with E-state index in [1.807, 2.05) is 11.7 Å². The van der Waals surface area contributed by atoms with Gasteiger partial charge in [0.15, 0.2) is 0 Å². The molecule has 0 aliphatic heterocycles. The zero-order valence-corrected chi connectivity index (χ0v) is 14.0. The molecule has 2 aromatic rings. The summed E-state index contributed by atoms with van der Waals surface area (Å²) in [5, 5.41) is 11.3. The summed E-state index contributed by atoms with van der Waals surface area (Å²) in [5.41, 5.74) is 3.52. The van der Waals surface area contributed by atoms with E-state index in [4.69, 9.17) is 4.98 Å². The van der Waals surface area contributed by atoms with Crippen molar-refractivity contribution in [2.75, 3.05) is 6.54 Å². The topological polar surface area (TPSA) is 42.7 Å². The highest BCUT2D eigenvalue weighted by Gasteiger charge is 2.24. The number of thiazole rings is 1. The van der Waals surface area contributed by atoms with E-state index < -0.39 is 0 Å². The van der Waals surface area contributed by atoms with Gasteiger partial charge in [0.2, 0.25) is 0 Å². The van der Waals surface area contributed by atoms with Crippen LogP contribution in [-0.2, 0) is 12.5 Å². The van der Waals surface area contributed by atoms with Crippen molar-refractivity contribution in [1.29, 1.82) is 0 Å². The lowest BCUT2D eigenvalue weighted by atomic mass is 9.93. The first-order valence-corrected chi connectivity index (χ1v) is 7.90. The quantitative estimate of drug-likeness (QED) is 0.941. The van der Waals surface area contributed by atoms with Gasteiger partial charge in [0.25, 0.3) is 0 Å². The van der Waals surface area contributed by atoms with Crippen molar-refractivity contribution in [1.82, 2.24) is 20.1 Å². The van der Waals surface area contributed by atoms with Crippen LogP contribution in [0.15, 0.2) is 11.6 Å². The van der Waals surface area contributed by atoms with Crippen LogP contribution in [0, 0.1) is 6.92 Å². The van der Waals surface area contributed by atoms with E-state index in [1.54, 1.807) is 11.3 Å². The molecule has 0 saturated heterocycles. The lowest BCUT2D eigenvalue weighted by molar-refractivity contribution is 0.562. The summed E-state index contributed by atoms with van der Waals surface area (Å²) in [6.07, 6.45) is 2.08. The summed E-state index contributed by atoms with van der Waals surface area (Å²) in [6.45, 7) is 11.7. The second kappa shape index (κ2) is 5.66. The first-order valence-electron chi connectivity index (χ1n) is 7.02. The number of nitrogens with zero attached hydrogens (tertiary/aromatic N) is 3. The number of aromatic nitrogens is 3. The molecule has 0 bridgehead atoms. The van der Waals surface area contributed by atoms with Crippen molar-refractivity contribution in [2.24, 2.45) is 7.05 Å². The van der Waals surface area contributed by atoms with Gasteiger partial charge in [0, 0.05) is 29.6 Å². The molecule has 4 nitrogen and oxygen atoms in total. The van der Waals surface area contributed by atoms with Crippen LogP contribution < -0.4 is 5.32 Å². The van der Waals surface area contributed by atoms with Crippen molar-refractivity contribution in [2.45, 2.75) is 46.1 Å². The highest BCUT2D eigenvalue weighted by atomic mass is 32.1. The van der Waals surface area contributed by atoms with Crippen LogP contribution >= 0.6 is 11.3 Å². The van der Waals surface area contributed by atoms with Crippen LogP contribution in [0.5, 0.6) is 0 Å². The Morgan fingerprint density at radius 1 is 1.40 bits per heavy atom. The van der Waals surface area contributed by atoms with Crippen molar-refractivity contribution in [3.63, 3.8) is 0 Å². The predicted molar refractivity (Wildman–Crippen MR) is 84.3 cm³/mol. The van der Waals surface area contributed by atoms with Gasteiger partial charge in [-0.3, -0.25) is 4.68 Å². The van der Waals surface area contributed by atoms with Crippen LogP contribution in [0.3, 0.4) is 0 Å². The normalized spacial score (nSPS) is 13.7. The molecule has 0 saturated carbocycles. The molecule has 5 heteroatoms. The number of hydrogen-bond donors (Lipinski definition) is 1. The van der Waals surface area contributed by atoms with Crippen molar-refractivity contribution < 1.29 is 0 Å². The SMILES string of the molecule is CCNC(c1nc(C(C)(C)C)cs1)c1cn(C)nc1C. The molecule has 0 amide bonds. The van der Waals surface area contributed by atoms with E-state index >= 15 is 0 Å². The van der Waals surface area contributed by atoms with Crippen LogP contribution in [-0.4, -0.2) is 21.3 Å². The van der Waals surface area contributed by atoms with Gasteiger partial charge in [0.1, 0.15) is 5.01 Å². The fourth-order valence-electron chi connectivity index (χ4n) is 2.20. The molecule has 1 atom stereocenters. The molecule has 2 heterocycles. The van der Waals surface area contributed by atoms with E-state index in [-0.39, 0.29) is 11.5 Å². The second-order valence-electron chi connectivity index (χ2n) is 6.16. The van der Waals surface area contributed by atoms with Crippen molar-refractivity contribution >= 4 is 11.3 Å². The van der Waals surface area contributed by atoms with Gasteiger partial charge in [-0.1, -0.05) is 27.7 Å². The molecule has 0 radical (unpaired) electrons. The molecule has 0 spiro atoms. The first kappa shape index (κ1) is 15.2. The van der Waals surface area contributed by atoms with Gasteiger partial charge in [-0.25, -0.2) is 4.98 Å². The Labute approximate surface area is 125 Å². The van der Waals surface area contributed by atoms with E-state index in [0.29, 0.717) is 0 Å². The van der Waals surface area contributed by atoms with Crippen molar-refractivity contribution in [3.05, 3.63) is 33.5 Å². The average Bonchev–Trinajstić information content (AvgIpc) is 2.92. The molecule has 0 fully saturated rings. The van der Waals surface area contributed by atoms with E-state index in [0.717, 1.165) is 22.9 Å². The minimum atomic E-state index is 0.0928. The molecule has 1 unspecified atom stereocenters. The fraction of sp³-hybridized carbons (Fsp3) is 0.600. The lowest BCUT2D eigenvalue weighted by Gasteiger charge is -2.17. The summed E-state index contributed by atoms with van der Waals surface area (Å²) in [4.78, 5) is 4.85. The maximum atomic E-state index is 4.85. The van der Waals surface area contributed by atoms with Crippen LogP contribution in [0.4, 0.5) is 0 Å². The predicted octanol–water partition coefficient (Wildman–Crippen LogP) is 3.18. The molecule has 1 N–H and O–H groups in total. The zero-order valence-electron chi connectivity index (χ0n) is 13.2. The zero-order chi connectivity index (χ0) is 14.9. The van der Waals surface area contributed by atoms with Gasteiger partial charge in [-0.2, -0.15) is 5.10 Å². The van der Waals surface area contributed by atoms with Gasteiger partial charge < -0.3 is 5.32 Å². The summed E-state index contributed by atoms with van der Waals surface area (Å²) in [6, 6.07) is 0.134. The third kappa shape index (κ3) is 3.10. The van der Waals surface area contributed by atoms with E-state index in [2.05, 4.69) is 56.6 Å². The highest BCUT2D eigenvalue weighted by Crippen LogP contribution is 2.30. The van der Waals surface area contributed by atoms with Crippen LogP contribution in [0.2, 0.25) is 0 Å². The molecule has 110 valence electrons. The average molecular weight is 292 g/mol. The van der Waals surface area contributed by atoms with Gasteiger partial charge in [0.05, 0.1) is 17.4 Å². The molecule has 20 heavy (non-hydrogen) atoms. The smallest absolute Gasteiger partial charge is 0.115 e. The lowest BCUT2D eigenvalue weighted by Crippen LogP contribution is -2.22. The van der Waals surface area contributed by atoms with Gasteiger partial charge in [-0.05, 0) is 13.5 Å². The van der Waals surface area contributed by atoms with Crippen LogP contribution in [0.1, 0.15) is 55.7 Å². The van der Waals surface area contributed by atoms with Crippen LogP contribution in [0.25, 0.3) is 0 Å². The van der Waals surface area contributed by atoms with E-state index in [1.165, 1.54) is 5.56 Å². The Balaban J connectivity index is 2.39. The standard InChI is InChI=1S/C15H24N4S/c1-7-16-13(11-8-19(6)18-10(11)2)14-17-12(9-20-14)15(3,4)5/h8-9,13,16H,7H2,1-6H3. The second-order valence-corrected chi connectivity index (χ2v) is 7.04. The third-order valence-corrected chi connectivity index (χ3v) is 4.22. The number of rotatable bonds is 4. The minimum Gasteiger partial charge on any atom is -0.304 e. The highest BCUT2D eigenvalue weighted by molar-refractivity contribution is 7.09. The first-order chi connectivity index (χ1) is 9.32. The Kier molecular flexibility index (Phi) is 4.30. The molecule has 0 aliphatic rings. The summed E-state index contributed by atoms with van der Waals surface area (Å²) in [7, 11) is 1.96. The molecule has 2 rings (SSSR count). The molecule has 0 aliphatic carbocycles. The monoisotopic (exact) mass is 292 g/mol. The number of nitrogens with one attached hydrogen (secondary N) is 1. The molecule has 2 aromatic heterocycles. The molecular formula is C15H24N4S. The molecular weight excluding hydrogens is 268 g/mol. The molecule has 0 aromatic carbocycles. The van der Waals surface area contributed by atoms with Gasteiger partial charge >= 0.3 is 0 Å². The van der Waals surface area contributed by atoms with Crippen molar-refractivity contribution in [3.8, 4) is 0 Å². The number of hydrogen-bond acceptors (Lipinski definition) is 4. The summed E-state index contributed by atoms with van der Waals surface area (Å²) >= 11 is 1.73. The van der Waals surface area contributed by atoms with Gasteiger partial charge in [-0.15, -0.1) is 11.3 Å². The Hall–Kier alpha value is -1.20. The third-order valence-electron chi connectivity index (χ3n) is 3.31. The minimum absolute atomic E-state index is 0.0928. The fourth-order valence-corrected chi connectivity index (χ4v) is 3.34.